The molecule has 1 aromatic carbocycles. The maximum atomic E-state index is 6.33. The highest BCUT2D eigenvalue weighted by Crippen LogP contribution is 2.26. The van der Waals surface area contributed by atoms with Crippen molar-refractivity contribution in [3.8, 4) is 0 Å². The lowest BCUT2D eigenvalue weighted by Crippen LogP contribution is -2.52. The summed E-state index contributed by atoms with van der Waals surface area (Å²) in [6.45, 7) is 6.74. The molecule has 1 aliphatic heterocycles. The minimum absolute atomic E-state index is 0.818. The smallest absolute Gasteiger partial charge is 0.193 e. The Labute approximate surface area is 164 Å². The van der Waals surface area contributed by atoms with Crippen molar-refractivity contribution in [1.82, 2.24) is 15.2 Å². The molecule has 1 aliphatic rings. The second-order valence-electron chi connectivity index (χ2n) is 6.24. The van der Waals surface area contributed by atoms with Gasteiger partial charge in [0.05, 0.1) is 21.4 Å². The van der Waals surface area contributed by atoms with Gasteiger partial charge >= 0.3 is 0 Å². The summed E-state index contributed by atoms with van der Waals surface area (Å²) in [5.74, 6) is 0.967. The fourth-order valence-electron chi connectivity index (χ4n) is 3.13. The van der Waals surface area contributed by atoms with Gasteiger partial charge in [-0.1, -0.05) is 30.7 Å². The first-order valence-corrected chi connectivity index (χ1v) is 10.4. The predicted molar refractivity (Wildman–Crippen MR) is 112 cm³/mol. The number of halogens is 1. The van der Waals surface area contributed by atoms with Crippen LogP contribution < -0.4 is 10.2 Å². The van der Waals surface area contributed by atoms with Crippen LogP contribution in [0.3, 0.4) is 0 Å². The molecule has 140 valence electrons. The third kappa shape index (κ3) is 4.68. The first-order chi connectivity index (χ1) is 12.7. The number of nitrogens with one attached hydrogen (secondary N) is 1. The number of benzene rings is 1. The molecule has 26 heavy (non-hydrogen) atoms. The van der Waals surface area contributed by atoms with Crippen molar-refractivity contribution in [3.05, 3.63) is 45.4 Å². The maximum absolute atomic E-state index is 6.33. The number of guanidine groups is 1. The largest absolute Gasteiger partial charge is 0.367 e. The number of piperazine rings is 1. The Morgan fingerprint density at radius 1 is 1.27 bits per heavy atom. The summed E-state index contributed by atoms with van der Waals surface area (Å²) in [4.78, 5) is 13.7. The molecule has 0 atom stereocenters. The molecule has 0 saturated carbocycles. The van der Waals surface area contributed by atoms with Crippen LogP contribution in [0.15, 0.2) is 34.6 Å². The maximum Gasteiger partial charge on any atom is 0.193 e. The highest BCUT2D eigenvalue weighted by molar-refractivity contribution is 7.09. The van der Waals surface area contributed by atoms with Gasteiger partial charge in [-0.2, -0.15) is 0 Å². The predicted octanol–water partition coefficient (Wildman–Crippen LogP) is 3.30. The van der Waals surface area contributed by atoms with E-state index >= 15 is 0 Å². The lowest BCUT2D eigenvalue weighted by molar-refractivity contribution is 0.373. The number of hydrogen-bond donors (Lipinski definition) is 1. The molecule has 2 heterocycles. The van der Waals surface area contributed by atoms with Gasteiger partial charge in [0.25, 0.3) is 0 Å². The summed E-state index contributed by atoms with van der Waals surface area (Å²) in [6, 6.07) is 8.05. The van der Waals surface area contributed by atoms with Crippen LogP contribution in [-0.4, -0.2) is 55.6 Å². The minimum Gasteiger partial charge on any atom is -0.367 e. The van der Waals surface area contributed by atoms with Gasteiger partial charge in [0.15, 0.2) is 5.96 Å². The third-order valence-electron chi connectivity index (χ3n) is 4.55. The van der Waals surface area contributed by atoms with Gasteiger partial charge < -0.3 is 15.1 Å². The molecule has 1 aromatic heterocycles. The SMILES string of the molecule is CCc1nc(CCNC(=NC)N2CCN(c3ccccc3Cl)CC2)cs1. The molecule has 0 radical (unpaired) electrons. The van der Waals surface area contributed by atoms with Crippen molar-refractivity contribution in [1.29, 1.82) is 0 Å². The van der Waals surface area contributed by atoms with Gasteiger partial charge in [-0.05, 0) is 18.6 Å². The quantitative estimate of drug-likeness (QED) is 0.627. The van der Waals surface area contributed by atoms with Crippen molar-refractivity contribution in [2.75, 3.05) is 44.7 Å². The van der Waals surface area contributed by atoms with Crippen LogP contribution in [0, 0.1) is 0 Å². The normalized spacial score (nSPS) is 15.4. The molecule has 2 aromatic rings. The van der Waals surface area contributed by atoms with E-state index in [2.05, 4.69) is 43.5 Å². The highest BCUT2D eigenvalue weighted by Gasteiger charge is 2.20. The van der Waals surface area contributed by atoms with E-state index in [0.29, 0.717) is 0 Å². The van der Waals surface area contributed by atoms with Crippen LogP contribution in [0.4, 0.5) is 5.69 Å². The van der Waals surface area contributed by atoms with E-state index < -0.39 is 0 Å². The van der Waals surface area contributed by atoms with Crippen molar-refractivity contribution >= 4 is 34.6 Å². The average molecular weight is 392 g/mol. The number of aryl methyl sites for hydroxylation is 1. The summed E-state index contributed by atoms with van der Waals surface area (Å²) in [5, 5.41) is 7.66. The third-order valence-corrected chi connectivity index (χ3v) is 5.91. The zero-order valence-corrected chi connectivity index (χ0v) is 17.0. The van der Waals surface area contributed by atoms with Crippen LogP contribution >= 0.6 is 22.9 Å². The Balaban J connectivity index is 1.48. The molecule has 0 unspecified atom stereocenters. The molecule has 0 amide bonds. The topological polar surface area (TPSA) is 43.8 Å². The molecule has 1 saturated heterocycles. The van der Waals surface area contributed by atoms with Gasteiger partial charge in [-0.3, -0.25) is 4.99 Å². The van der Waals surface area contributed by atoms with Gasteiger partial charge in [-0.15, -0.1) is 11.3 Å². The van der Waals surface area contributed by atoms with Crippen LogP contribution in [0.5, 0.6) is 0 Å². The molecular weight excluding hydrogens is 366 g/mol. The van der Waals surface area contributed by atoms with Crippen LogP contribution in [-0.2, 0) is 12.8 Å². The number of aliphatic imine (C=N–C) groups is 1. The Hall–Kier alpha value is -1.79. The molecule has 7 heteroatoms. The molecule has 5 nitrogen and oxygen atoms in total. The molecule has 0 spiro atoms. The number of rotatable bonds is 5. The molecule has 1 fully saturated rings. The molecule has 3 rings (SSSR count). The fourth-order valence-corrected chi connectivity index (χ4v) is 4.16. The number of anilines is 1. The Bertz CT molecular complexity index is 737. The Morgan fingerprint density at radius 3 is 2.69 bits per heavy atom. The molecule has 0 aliphatic carbocycles. The van der Waals surface area contributed by atoms with E-state index in [-0.39, 0.29) is 0 Å². The van der Waals surface area contributed by atoms with Gasteiger partial charge in [0.2, 0.25) is 0 Å². The summed E-state index contributed by atoms with van der Waals surface area (Å²) in [5.41, 5.74) is 2.28. The molecular formula is C19H26ClN5S. The Kier molecular flexibility index (Phi) is 6.74. The number of aromatic nitrogens is 1. The lowest BCUT2D eigenvalue weighted by atomic mass is 10.2. The molecule has 0 bridgehead atoms. The summed E-state index contributed by atoms with van der Waals surface area (Å²) in [6.07, 6.45) is 1.94. The second kappa shape index (κ2) is 9.24. The van der Waals surface area contributed by atoms with Crippen molar-refractivity contribution in [3.63, 3.8) is 0 Å². The van der Waals surface area contributed by atoms with E-state index in [1.165, 1.54) is 10.7 Å². The van der Waals surface area contributed by atoms with Crippen LogP contribution in [0.2, 0.25) is 5.02 Å². The van der Waals surface area contributed by atoms with Crippen molar-refractivity contribution in [2.24, 2.45) is 4.99 Å². The van der Waals surface area contributed by atoms with Crippen molar-refractivity contribution < 1.29 is 0 Å². The van der Waals surface area contributed by atoms with Gasteiger partial charge in [0.1, 0.15) is 0 Å². The van der Waals surface area contributed by atoms with Crippen LogP contribution in [0.25, 0.3) is 0 Å². The monoisotopic (exact) mass is 391 g/mol. The standard InChI is InChI=1S/C19H26ClN5S/c1-3-18-23-15(14-26-18)8-9-22-19(21-2)25-12-10-24(11-13-25)17-7-5-4-6-16(17)20/h4-7,14H,3,8-13H2,1-2H3,(H,21,22). The number of para-hydroxylation sites is 1. The second-order valence-corrected chi connectivity index (χ2v) is 7.59. The Morgan fingerprint density at radius 2 is 2.04 bits per heavy atom. The van der Waals surface area contributed by atoms with E-state index in [4.69, 9.17) is 11.6 Å². The minimum atomic E-state index is 0.818. The first-order valence-electron chi connectivity index (χ1n) is 9.09. The summed E-state index contributed by atoms with van der Waals surface area (Å²) < 4.78 is 0. The van der Waals surface area contributed by atoms with E-state index in [1.54, 1.807) is 11.3 Å². The number of thiazole rings is 1. The zero-order chi connectivity index (χ0) is 18.4. The number of hydrogen-bond acceptors (Lipinski definition) is 4. The van der Waals surface area contributed by atoms with E-state index in [1.807, 2.05) is 25.2 Å². The van der Waals surface area contributed by atoms with Crippen molar-refractivity contribution in [2.45, 2.75) is 19.8 Å². The van der Waals surface area contributed by atoms with E-state index in [0.717, 1.165) is 62.2 Å². The average Bonchev–Trinajstić information content (AvgIpc) is 3.14. The lowest BCUT2D eigenvalue weighted by Gasteiger charge is -2.38. The summed E-state index contributed by atoms with van der Waals surface area (Å²) in [7, 11) is 1.85. The zero-order valence-electron chi connectivity index (χ0n) is 15.4. The van der Waals surface area contributed by atoms with Gasteiger partial charge in [-0.25, -0.2) is 4.98 Å². The van der Waals surface area contributed by atoms with Gasteiger partial charge in [0, 0.05) is 51.6 Å². The number of nitrogens with zero attached hydrogens (tertiary/aromatic N) is 4. The van der Waals surface area contributed by atoms with E-state index in [9.17, 15) is 0 Å². The van der Waals surface area contributed by atoms with Crippen LogP contribution in [0.1, 0.15) is 17.6 Å². The summed E-state index contributed by atoms with van der Waals surface area (Å²) >= 11 is 8.07. The fraction of sp³-hybridized carbons (Fsp3) is 0.474. The molecule has 1 N–H and O–H groups in total. The first kappa shape index (κ1) is 19.0. The highest BCUT2D eigenvalue weighted by atomic mass is 35.5.